The first-order chi connectivity index (χ1) is 17.7. The van der Waals surface area contributed by atoms with E-state index >= 15 is 0 Å². The van der Waals surface area contributed by atoms with Crippen LogP contribution in [0.4, 0.5) is 17.2 Å². The Kier molecular flexibility index (Phi) is 4.95. The lowest BCUT2D eigenvalue weighted by atomic mass is 9.94. The molecule has 0 bridgehead atoms. The molecule has 1 aromatic carbocycles. The molecule has 5 heterocycles. The van der Waals surface area contributed by atoms with Crippen molar-refractivity contribution in [3.05, 3.63) is 66.1 Å². The standard InChI is InChI=1S/C28H29N7O/c1-33-12-14-34(15-13-33)19-4-7-25(30-16-19)32-24-6-5-20(23-17-31-28(36)26(23)24)21-8-10-29-27-22(21)9-11-35(27)18-2-3-18/h4-11,16,18H,2-3,12-15,17H2,1H3,(H,30,32)(H,31,36). The molecule has 0 atom stereocenters. The predicted molar refractivity (Wildman–Crippen MR) is 142 cm³/mol. The highest BCUT2D eigenvalue weighted by molar-refractivity contribution is 6.07. The second kappa shape index (κ2) is 8.34. The first kappa shape index (κ1) is 21.4. The molecule has 1 saturated heterocycles. The van der Waals surface area contributed by atoms with Gasteiger partial charge >= 0.3 is 0 Å². The largest absolute Gasteiger partial charge is 0.368 e. The molecule has 36 heavy (non-hydrogen) atoms. The van der Waals surface area contributed by atoms with Gasteiger partial charge < -0.3 is 25.0 Å². The van der Waals surface area contributed by atoms with Crippen LogP contribution in [0.1, 0.15) is 34.8 Å². The van der Waals surface area contributed by atoms with Gasteiger partial charge in [0.2, 0.25) is 0 Å². The number of benzene rings is 1. The van der Waals surface area contributed by atoms with Crippen molar-refractivity contribution >= 4 is 34.1 Å². The van der Waals surface area contributed by atoms with Crippen molar-refractivity contribution < 1.29 is 4.79 Å². The summed E-state index contributed by atoms with van der Waals surface area (Å²) in [7, 11) is 2.16. The van der Waals surface area contributed by atoms with Crippen molar-refractivity contribution in [3.8, 4) is 11.1 Å². The van der Waals surface area contributed by atoms with Gasteiger partial charge in [0.25, 0.3) is 5.91 Å². The highest BCUT2D eigenvalue weighted by Gasteiger charge is 2.29. The Morgan fingerprint density at radius 2 is 1.83 bits per heavy atom. The summed E-state index contributed by atoms with van der Waals surface area (Å²) >= 11 is 0. The van der Waals surface area contributed by atoms with Gasteiger partial charge in [0.15, 0.2) is 0 Å². The Bertz CT molecular complexity index is 1460. The number of nitrogens with one attached hydrogen (secondary N) is 2. The molecule has 2 N–H and O–H groups in total. The summed E-state index contributed by atoms with van der Waals surface area (Å²) in [6, 6.07) is 13.0. The topological polar surface area (TPSA) is 78.3 Å². The van der Waals surface area contributed by atoms with E-state index in [0.717, 1.165) is 71.1 Å². The molecule has 3 aliphatic rings. The molecule has 0 radical (unpaired) electrons. The van der Waals surface area contributed by atoms with Crippen LogP contribution in [0.3, 0.4) is 0 Å². The summed E-state index contributed by atoms with van der Waals surface area (Å²) in [6.07, 6.45) is 8.38. The number of carbonyl (C=O) groups is 1. The van der Waals surface area contributed by atoms with Crippen LogP contribution >= 0.6 is 0 Å². The average Bonchev–Trinajstić information content (AvgIpc) is 3.53. The number of aromatic nitrogens is 3. The van der Waals surface area contributed by atoms with Crippen molar-refractivity contribution in [2.75, 3.05) is 43.4 Å². The lowest BCUT2D eigenvalue weighted by Gasteiger charge is -2.33. The minimum absolute atomic E-state index is 0.0516. The third kappa shape index (κ3) is 3.60. The zero-order valence-corrected chi connectivity index (χ0v) is 20.4. The average molecular weight is 480 g/mol. The molecule has 0 spiro atoms. The lowest BCUT2D eigenvalue weighted by Crippen LogP contribution is -2.44. The van der Waals surface area contributed by atoms with Crippen LogP contribution in [-0.4, -0.2) is 58.6 Å². The second-order valence-corrected chi connectivity index (χ2v) is 10.1. The molecule has 3 aromatic heterocycles. The molecule has 182 valence electrons. The molecule has 7 rings (SSSR count). The van der Waals surface area contributed by atoms with Crippen molar-refractivity contribution in [2.45, 2.75) is 25.4 Å². The molecular formula is C28H29N7O. The Hall–Kier alpha value is -3.91. The zero-order chi connectivity index (χ0) is 24.2. The maximum absolute atomic E-state index is 12.9. The summed E-state index contributed by atoms with van der Waals surface area (Å²) in [4.78, 5) is 26.9. The van der Waals surface area contributed by atoms with Crippen LogP contribution in [-0.2, 0) is 6.54 Å². The van der Waals surface area contributed by atoms with Gasteiger partial charge in [-0.25, -0.2) is 9.97 Å². The lowest BCUT2D eigenvalue weighted by molar-refractivity contribution is 0.0966. The minimum atomic E-state index is -0.0516. The van der Waals surface area contributed by atoms with Crippen LogP contribution in [0.15, 0.2) is 55.0 Å². The number of pyridine rings is 2. The van der Waals surface area contributed by atoms with E-state index in [9.17, 15) is 4.79 Å². The summed E-state index contributed by atoms with van der Waals surface area (Å²) in [5.41, 5.74) is 6.85. The fourth-order valence-electron chi connectivity index (χ4n) is 5.49. The van der Waals surface area contributed by atoms with Gasteiger partial charge in [-0.1, -0.05) is 6.07 Å². The van der Waals surface area contributed by atoms with E-state index in [4.69, 9.17) is 0 Å². The molecule has 4 aromatic rings. The van der Waals surface area contributed by atoms with Crippen LogP contribution in [0.5, 0.6) is 0 Å². The van der Waals surface area contributed by atoms with Crippen molar-refractivity contribution in [1.29, 1.82) is 0 Å². The molecule has 8 nitrogen and oxygen atoms in total. The highest BCUT2D eigenvalue weighted by Crippen LogP contribution is 2.41. The van der Waals surface area contributed by atoms with Crippen LogP contribution in [0.25, 0.3) is 22.2 Å². The van der Waals surface area contributed by atoms with Crippen LogP contribution in [0, 0.1) is 0 Å². The van der Waals surface area contributed by atoms with Gasteiger partial charge in [-0.05, 0) is 66.9 Å². The summed E-state index contributed by atoms with van der Waals surface area (Å²) in [5.74, 6) is 0.680. The van der Waals surface area contributed by atoms with E-state index in [1.54, 1.807) is 0 Å². The third-order valence-corrected chi connectivity index (χ3v) is 7.69. The Morgan fingerprint density at radius 3 is 2.61 bits per heavy atom. The van der Waals surface area contributed by atoms with E-state index < -0.39 is 0 Å². The van der Waals surface area contributed by atoms with Gasteiger partial charge in [0.1, 0.15) is 11.5 Å². The quantitative estimate of drug-likeness (QED) is 0.447. The smallest absolute Gasteiger partial charge is 0.254 e. The molecule has 0 unspecified atom stereocenters. The Labute approximate surface area is 209 Å². The number of likely N-dealkylation sites (N-methyl/N-ethyl adjacent to an activating group) is 1. The van der Waals surface area contributed by atoms with Gasteiger partial charge in [-0.15, -0.1) is 0 Å². The third-order valence-electron chi connectivity index (χ3n) is 7.69. The van der Waals surface area contributed by atoms with E-state index in [1.807, 2.05) is 24.5 Å². The molecule has 1 aliphatic carbocycles. The SMILES string of the molecule is CN1CCN(c2ccc(Nc3ccc(-c4ccnc5c4ccn5C4CC4)c4c3C(=O)NC4)nc2)CC1. The van der Waals surface area contributed by atoms with Gasteiger partial charge in [0, 0.05) is 56.5 Å². The monoisotopic (exact) mass is 479 g/mol. The number of anilines is 3. The number of hydrogen-bond acceptors (Lipinski definition) is 6. The van der Waals surface area contributed by atoms with Gasteiger partial charge in [0.05, 0.1) is 23.1 Å². The molecule has 8 heteroatoms. The van der Waals surface area contributed by atoms with Crippen LogP contribution in [0.2, 0.25) is 0 Å². The highest BCUT2D eigenvalue weighted by atomic mass is 16.1. The molecule has 1 saturated carbocycles. The maximum Gasteiger partial charge on any atom is 0.254 e. The summed E-state index contributed by atoms with van der Waals surface area (Å²) < 4.78 is 2.29. The summed E-state index contributed by atoms with van der Waals surface area (Å²) in [6.45, 7) is 4.64. The summed E-state index contributed by atoms with van der Waals surface area (Å²) in [5, 5.41) is 7.56. The number of fused-ring (bicyclic) bond motifs is 2. The van der Waals surface area contributed by atoms with E-state index in [-0.39, 0.29) is 5.91 Å². The van der Waals surface area contributed by atoms with Gasteiger partial charge in [-0.3, -0.25) is 4.79 Å². The fourth-order valence-corrected chi connectivity index (χ4v) is 5.49. The Balaban J connectivity index is 1.21. The molecule has 2 aliphatic heterocycles. The van der Waals surface area contributed by atoms with Crippen molar-refractivity contribution in [1.82, 2.24) is 24.8 Å². The predicted octanol–water partition coefficient (Wildman–Crippen LogP) is 4.17. The van der Waals surface area contributed by atoms with E-state index in [1.165, 1.54) is 12.8 Å². The number of hydrogen-bond donors (Lipinski definition) is 2. The first-order valence-corrected chi connectivity index (χ1v) is 12.7. The fraction of sp³-hybridized carbons (Fsp3) is 0.321. The van der Waals surface area contributed by atoms with E-state index in [2.05, 4.69) is 72.5 Å². The maximum atomic E-state index is 12.9. The minimum Gasteiger partial charge on any atom is -0.368 e. The Morgan fingerprint density at radius 1 is 0.972 bits per heavy atom. The number of amides is 1. The van der Waals surface area contributed by atoms with Gasteiger partial charge in [-0.2, -0.15) is 0 Å². The molecule has 1 amide bonds. The zero-order valence-electron chi connectivity index (χ0n) is 20.4. The van der Waals surface area contributed by atoms with Crippen molar-refractivity contribution in [3.63, 3.8) is 0 Å². The number of carbonyl (C=O) groups excluding carboxylic acids is 1. The van der Waals surface area contributed by atoms with E-state index in [0.29, 0.717) is 18.2 Å². The van der Waals surface area contributed by atoms with Crippen molar-refractivity contribution in [2.24, 2.45) is 0 Å². The first-order valence-electron chi connectivity index (χ1n) is 12.7. The number of piperazine rings is 1. The van der Waals surface area contributed by atoms with Crippen LogP contribution < -0.4 is 15.5 Å². The number of nitrogens with zero attached hydrogens (tertiary/aromatic N) is 5. The number of rotatable bonds is 5. The normalized spacial score (nSPS) is 17.9. The molecule has 2 fully saturated rings. The molecular weight excluding hydrogens is 450 g/mol. The second-order valence-electron chi connectivity index (χ2n) is 10.1.